The van der Waals surface area contributed by atoms with E-state index in [0.29, 0.717) is 0 Å². The van der Waals surface area contributed by atoms with Crippen molar-refractivity contribution >= 4 is 12.3 Å². The Morgan fingerprint density at radius 1 is 1.35 bits per heavy atom. The summed E-state index contributed by atoms with van der Waals surface area (Å²) in [5.74, 6) is -1.35. The fourth-order valence-corrected chi connectivity index (χ4v) is 1.07. The van der Waals surface area contributed by atoms with Gasteiger partial charge in [0.15, 0.2) is 12.4 Å². The lowest BCUT2D eigenvalue weighted by Gasteiger charge is -2.29. The summed E-state index contributed by atoms with van der Waals surface area (Å²) in [5, 5.41) is 45.1. The Hall–Kier alpha value is -1.06. The number of aliphatic hydroxyl groups is 4. The summed E-state index contributed by atoms with van der Waals surface area (Å²) in [5.41, 5.74) is 0. The lowest BCUT2D eigenvalue weighted by Crippen LogP contribution is -2.50. The molecule has 0 fully saturated rings. The zero-order valence-electron chi connectivity index (χ0n) is 9.13. The maximum absolute atomic E-state index is 10.5. The van der Waals surface area contributed by atoms with E-state index in [2.05, 4.69) is 0 Å². The van der Waals surface area contributed by atoms with Crippen molar-refractivity contribution in [1.29, 1.82) is 0 Å². The largest absolute Gasteiger partial charge is 0.479 e. The van der Waals surface area contributed by atoms with E-state index < -0.39 is 43.1 Å². The molecule has 0 rings (SSSR count). The molecular formula is C9H16O8. The molecule has 0 aromatic rings. The number of rotatable bonds is 8. The Bertz CT molecular complexity index is 255. The summed E-state index contributed by atoms with van der Waals surface area (Å²) < 4.78 is 4.77. The Balaban J connectivity index is 4.75. The van der Waals surface area contributed by atoms with E-state index in [0.717, 1.165) is 6.92 Å². The molecule has 1 unspecified atom stereocenters. The zero-order chi connectivity index (χ0) is 13.6. The Labute approximate surface area is 97.1 Å². The van der Waals surface area contributed by atoms with Crippen LogP contribution in [0, 0.1) is 0 Å². The van der Waals surface area contributed by atoms with E-state index in [1.54, 1.807) is 0 Å². The van der Waals surface area contributed by atoms with Crippen molar-refractivity contribution in [2.45, 2.75) is 37.4 Å². The molecule has 0 aromatic carbocycles. The van der Waals surface area contributed by atoms with Crippen LogP contribution in [0.5, 0.6) is 0 Å². The minimum atomic E-state index is -1.85. The van der Waals surface area contributed by atoms with Crippen molar-refractivity contribution in [3.05, 3.63) is 0 Å². The van der Waals surface area contributed by atoms with E-state index >= 15 is 0 Å². The molecule has 0 bridgehead atoms. The highest BCUT2D eigenvalue weighted by Crippen LogP contribution is 2.11. The molecular weight excluding hydrogens is 236 g/mol. The molecule has 5 atom stereocenters. The number of carbonyl (C=O) groups excluding carboxylic acids is 1. The maximum Gasteiger partial charge on any atom is 0.332 e. The molecule has 0 aromatic heterocycles. The van der Waals surface area contributed by atoms with Crippen molar-refractivity contribution in [2.24, 2.45) is 0 Å². The van der Waals surface area contributed by atoms with Crippen molar-refractivity contribution in [3.8, 4) is 0 Å². The first-order valence-electron chi connectivity index (χ1n) is 4.83. The Kier molecular flexibility index (Phi) is 6.85. The molecule has 5 N–H and O–H groups in total. The molecule has 100 valence electrons. The van der Waals surface area contributed by atoms with Gasteiger partial charge in [0.2, 0.25) is 0 Å². The fourth-order valence-electron chi connectivity index (χ4n) is 1.07. The van der Waals surface area contributed by atoms with Gasteiger partial charge in [-0.1, -0.05) is 0 Å². The summed E-state index contributed by atoms with van der Waals surface area (Å²) in [7, 11) is 0. The normalized spacial score (nSPS) is 20.1. The van der Waals surface area contributed by atoms with Crippen molar-refractivity contribution in [2.75, 3.05) is 6.61 Å². The minimum Gasteiger partial charge on any atom is -0.479 e. The number of carboxylic acids is 1. The zero-order valence-corrected chi connectivity index (χ0v) is 9.13. The number of carbonyl (C=O) groups is 2. The van der Waals surface area contributed by atoms with Gasteiger partial charge in [-0.15, -0.1) is 0 Å². The molecule has 0 radical (unpaired) electrons. The van der Waals surface area contributed by atoms with Crippen LogP contribution in [0.3, 0.4) is 0 Å². The highest BCUT2D eigenvalue weighted by Gasteiger charge is 2.35. The molecule has 0 amide bonds. The molecule has 0 aliphatic carbocycles. The second-order valence-electron chi connectivity index (χ2n) is 3.45. The number of aliphatic hydroxyl groups excluding tert-OH is 4. The van der Waals surface area contributed by atoms with Gasteiger partial charge in [0.05, 0.1) is 6.61 Å². The second-order valence-corrected chi connectivity index (χ2v) is 3.45. The van der Waals surface area contributed by atoms with Crippen molar-refractivity contribution < 1.29 is 39.9 Å². The van der Waals surface area contributed by atoms with Crippen LogP contribution in [-0.4, -0.2) is 74.9 Å². The highest BCUT2D eigenvalue weighted by atomic mass is 16.5. The summed E-state index contributed by atoms with van der Waals surface area (Å²) in [6, 6.07) is 0. The van der Waals surface area contributed by atoms with E-state index in [4.69, 9.17) is 20.1 Å². The van der Waals surface area contributed by atoms with E-state index in [9.17, 15) is 19.8 Å². The van der Waals surface area contributed by atoms with Gasteiger partial charge in [0, 0.05) is 0 Å². The van der Waals surface area contributed by atoms with Crippen LogP contribution in [0.15, 0.2) is 0 Å². The van der Waals surface area contributed by atoms with Gasteiger partial charge in [-0.25, -0.2) is 4.79 Å². The third-order valence-electron chi connectivity index (χ3n) is 2.10. The third kappa shape index (κ3) is 4.75. The van der Waals surface area contributed by atoms with Gasteiger partial charge < -0.3 is 35.1 Å². The van der Waals surface area contributed by atoms with Gasteiger partial charge in [-0.3, -0.25) is 0 Å². The first-order valence-corrected chi connectivity index (χ1v) is 4.83. The van der Waals surface area contributed by atoms with Crippen molar-refractivity contribution in [1.82, 2.24) is 0 Å². The lowest BCUT2D eigenvalue weighted by atomic mass is 10.0. The summed E-state index contributed by atoms with van der Waals surface area (Å²) >= 11 is 0. The predicted octanol–water partition coefficient (Wildman–Crippen LogP) is -2.88. The van der Waals surface area contributed by atoms with E-state index in [1.807, 2.05) is 0 Å². The number of carboxylic acid groups (broad SMARTS) is 1. The van der Waals surface area contributed by atoms with Crippen LogP contribution in [0.4, 0.5) is 0 Å². The number of aldehydes is 1. The highest BCUT2D eigenvalue weighted by molar-refractivity contribution is 5.71. The molecule has 0 saturated heterocycles. The summed E-state index contributed by atoms with van der Waals surface area (Å²) in [6.45, 7) is 0.319. The van der Waals surface area contributed by atoms with Crippen LogP contribution >= 0.6 is 0 Å². The van der Waals surface area contributed by atoms with Gasteiger partial charge in [0.1, 0.15) is 24.4 Å². The standard InChI is InChI=1S/C9H16O8/c1-4(9(15)16)17-8(6(13)3-11)7(14)5(12)2-10/h2,4-8,11-14H,3H2,1H3,(H,15,16)/t4?,5-,6+,7+,8+/m0/s1. The van der Waals surface area contributed by atoms with Crippen LogP contribution in [-0.2, 0) is 14.3 Å². The number of hydrogen-bond donors (Lipinski definition) is 5. The molecule has 0 saturated carbocycles. The average Bonchev–Trinajstić information content (AvgIpc) is 2.32. The maximum atomic E-state index is 10.5. The van der Waals surface area contributed by atoms with Gasteiger partial charge >= 0.3 is 5.97 Å². The predicted molar refractivity (Wildman–Crippen MR) is 53.1 cm³/mol. The van der Waals surface area contributed by atoms with Gasteiger partial charge in [0.25, 0.3) is 0 Å². The average molecular weight is 252 g/mol. The molecule has 0 aliphatic heterocycles. The third-order valence-corrected chi connectivity index (χ3v) is 2.10. The Morgan fingerprint density at radius 2 is 1.88 bits per heavy atom. The second kappa shape index (κ2) is 7.30. The van der Waals surface area contributed by atoms with E-state index in [-0.39, 0.29) is 6.29 Å². The molecule has 0 aliphatic rings. The van der Waals surface area contributed by atoms with Crippen LogP contribution in [0.2, 0.25) is 0 Å². The molecule has 0 spiro atoms. The van der Waals surface area contributed by atoms with Crippen molar-refractivity contribution in [3.63, 3.8) is 0 Å². The molecule has 17 heavy (non-hydrogen) atoms. The topological polar surface area (TPSA) is 145 Å². The monoisotopic (exact) mass is 252 g/mol. The molecule has 8 nitrogen and oxygen atoms in total. The quantitative estimate of drug-likeness (QED) is 0.290. The van der Waals surface area contributed by atoms with Crippen LogP contribution in [0.25, 0.3) is 0 Å². The summed E-state index contributed by atoms with van der Waals surface area (Å²) in [6.07, 6.45) is -8.27. The van der Waals surface area contributed by atoms with Gasteiger partial charge in [-0.05, 0) is 6.92 Å². The first-order chi connectivity index (χ1) is 7.84. The smallest absolute Gasteiger partial charge is 0.332 e. The number of hydrogen-bond acceptors (Lipinski definition) is 7. The minimum absolute atomic E-state index is 0.0105. The molecule has 0 heterocycles. The SMILES string of the molecule is CC(O[C@@H]([C@H](O)[C@@H](O)C=O)[C@H](O)CO)C(=O)O. The number of ether oxygens (including phenoxy) is 1. The Morgan fingerprint density at radius 3 is 2.24 bits per heavy atom. The fraction of sp³-hybridized carbons (Fsp3) is 0.778. The summed E-state index contributed by atoms with van der Waals surface area (Å²) in [4.78, 5) is 20.8. The lowest BCUT2D eigenvalue weighted by molar-refractivity contribution is -0.179. The molecule has 8 heteroatoms. The van der Waals surface area contributed by atoms with Crippen LogP contribution < -0.4 is 0 Å². The van der Waals surface area contributed by atoms with E-state index in [1.165, 1.54) is 0 Å². The number of aliphatic carboxylic acids is 1. The van der Waals surface area contributed by atoms with Crippen LogP contribution in [0.1, 0.15) is 6.92 Å². The van der Waals surface area contributed by atoms with Gasteiger partial charge in [-0.2, -0.15) is 0 Å². The first kappa shape index (κ1) is 15.9.